The number of pyridine rings is 1. The zero-order valence-corrected chi connectivity index (χ0v) is 16.5. The molecule has 7 nitrogen and oxygen atoms in total. The summed E-state index contributed by atoms with van der Waals surface area (Å²) >= 11 is 0. The third-order valence-corrected chi connectivity index (χ3v) is 4.99. The van der Waals surface area contributed by atoms with Gasteiger partial charge in [0.05, 0.1) is 16.6 Å². The number of likely N-dealkylation sites (N-methyl/N-ethyl adjacent to an activating group) is 1. The number of carbonyl (C=O) groups is 1. The predicted octanol–water partition coefficient (Wildman–Crippen LogP) is 3.40. The molecule has 0 aliphatic rings. The Kier molecular flexibility index (Phi) is 5.24. The Bertz CT molecular complexity index is 1160. The lowest BCUT2D eigenvalue weighted by Crippen LogP contribution is -2.33. The number of carbonyl (C=O) groups excluding carboxylic acids is 1. The fourth-order valence-electron chi connectivity index (χ4n) is 3.49. The highest BCUT2D eigenvalue weighted by molar-refractivity contribution is 5.99. The molecule has 0 bridgehead atoms. The molecule has 150 valence electrons. The smallest absolute Gasteiger partial charge is 0.257 e. The van der Waals surface area contributed by atoms with Gasteiger partial charge in [-0.15, -0.1) is 10.2 Å². The number of benzene rings is 1. The molecule has 0 unspecified atom stereocenters. The number of aromatic amines is 1. The second-order valence-corrected chi connectivity index (χ2v) is 6.96. The molecule has 0 fully saturated rings. The standard InChI is InChI=1S/C21H23FN6O/c1-3-6-19-25-26-20-15(7-5-11-28(19)20)21(29)27(4-2)12-10-18-23-16-9-8-14(22)13-17(16)24-18/h5,7-9,11,13H,3-4,6,10,12H2,1-2H3,(H,23,24). The lowest BCUT2D eigenvalue weighted by molar-refractivity contribution is 0.0767. The van der Waals surface area contributed by atoms with E-state index < -0.39 is 0 Å². The summed E-state index contributed by atoms with van der Waals surface area (Å²) in [5.74, 6) is 1.19. The van der Waals surface area contributed by atoms with Crippen LogP contribution in [-0.2, 0) is 12.8 Å². The van der Waals surface area contributed by atoms with E-state index in [0.29, 0.717) is 41.8 Å². The van der Waals surface area contributed by atoms with E-state index in [2.05, 4.69) is 27.1 Å². The van der Waals surface area contributed by atoms with E-state index in [1.807, 2.05) is 23.6 Å². The van der Waals surface area contributed by atoms with Crippen molar-refractivity contribution in [2.75, 3.05) is 13.1 Å². The SMILES string of the molecule is CCCc1nnc2c(C(=O)N(CC)CCc3nc4ccc(F)cc4[nH]3)cccn12. The van der Waals surface area contributed by atoms with Crippen LogP contribution < -0.4 is 0 Å². The van der Waals surface area contributed by atoms with E-state index in [4.69, 9.17) is 0 Å². The molecule has 1 N–H and O–H groups in total. The number of hydrogen-bond donors (Lipinski definition) is 1. The van der Waals surface area contributed by atoms with E-state index in [9.17, 15) is 9.18 Å². The van der Waals surface area contributed by atoms with Crippen molar-refractivity contribution in [3.8, 4) is 0 Å². The summed E-state index contributed by atoms with van der Waals surface area (Å²) in [6, 6.07) is 8.10. The molecule has 1 aromatic carbocycles. The van der Waals surface area contributed by atoms with Gasteiger partial charge in [0.2, 0.25) is 0 Å². The van der Waals surface area contributed by atoms with Gasteiger partial charge < -0.3 is 9.88 Å². The minimum atomic E-state index is -0.304. The van der Waals surface area contributed by atoms with E-state index >= 15 is 0 Å². The van der Waals surface area contributed by atoms with Crippen molar-refractivity contribution < 1.29 is 9.18 Å². The van der Waals surface area contributed by atoms with Gasteiger partial charge in [-0.2, -0.15) is 0 Å². The largest absolute Gasteiger partial charge is 0.342 e. The topological polar surface area (TPSA) is 79.2 Å². The van der Waals surface area contributed by atoms with Gasteiger partial charge in [-0.1, -0.05) is 6.92 Å². The van der Waals surface area contributed by atoms with Crippen molar-refractivity contribution in [2.45, 2.75) is 33.1 Å². The van der Waals surface area contributed by atoms with Crippen molar-refractivity contribution in [1.82, 2.24) is 29.5 Å². The van der Waals surface area contributed by atoms with Crippen LogP contribution in [0.15, 0.2) is 36.5 Å². The number of aryl methyl sites for hydroxylation is 1. The molecule has 4 rings (SSSR count). The Hall–Kier alpha value is -3.29. The first-order chi connectivity index (χ1) is 14.1. The monoisotopic (exact) mass is 394 g/mol. The Balaban J connectivity index is 1.54. The molecule has 0 atom stereocenters. The average Bonchev–Trinajstić information content (AvgIpc) is 3.32. The van der Waals surface area contributed by atoms with Crippen molar-refractivity contribution in [2.24, 2.45) is 0 Å². The fraction of sp³-hybridized carbons (Fsp3) is 0.333. The summed E-state index contributed by atoms with van der Waals surface area (Å²) in [6.45, 7) is 5.08. The van der Waals surface area contributed by atoms with Crippen molar-refractivity contribution in [3.63, 3.8) is 0 Å². The Morgan fingerprint density at radius 3 is 2.86 bits per heavy atom. The Labute approximate surface area is 167 Å². The van der Waals surface area contributed by atoms with E-state index in [-0.39, 0.29) is 11.7 Å². The molecule has 8 heteroatoms. The molecule has 0 spiro atoms. The summed E-state index contributed by atoms with van der Waals surface area (Å²) < 4.78 is 15.3. The molecule has 0 saturated heterocycles. The van der Waals surface area contributed by atoms with E-state index in [1.165, 1.54) is 12.1 Å². The molecule has 4 aromatic rings. The highest BCUT2D eigenvalue weighted by Gasteiger charge is 2.20. The summed E-state index contributed by atoms with van der Waals surface area (Å²) in [6.07, 6.45) is 4.21. The third-order valence-electron chi connectivity index (χ3n) is 4.99. The van der Waals surface area contributed by atoms with Gasteiger partial charge >= 0.3 is 0 Å². The summed E-state index contributed by atoms with van der Waals surface area (Å²) in [7, 11) is 0. The van der Waals surface area contributed by atoms with Gasteiger partial charge in [-0.05, 0) is 43.7 Å². The molecular formula is C21H23FN6O. The Morgan fingerprint density at radius 2 is 2.07 bits per heavy atom. The fourth-order valence-corrected chi connectivity index (χ4v) is 3.49. The number of halogens is 1. The number of nitrogens with one attached hydrogen (secondary N) is 1. The Morgan fingerprint density at radius 1 is 1.21 bits per heavy atom. The number of amides is 1. The number of hydrogen-bond acceptors (Lipinski definition) is 4. The molecule has 0 saturated carbocycles. The van der Waals surface area contributed by atoms with Gasteiger partial charge in [0.1, 0.15) is 17.5 Å². The second kappa shape index (κ2) is 7.98. The molecule has 0 aliphatic heterocycles. The van der Waals surface area contributed by atoms with Crippen LogP contribution in [0.3, 0.4) is 0 Å². The van der Waals surface area contributed by atoms with Gasteiger partial charge in [0.15, 0.2) is 5.65 Å². The van der Waals surface area contributed by atoms with Gasteiger partial charge in [0.25, 0.3) is 5.91 Å². The first-order valence-electron chi connectivity index (χ1n) is 9.86. The van der Waals surface area contributed by atoms with Crippen LogP contribution in [0.1, 0.15) is 42.3 Å². The maximum atomic E-state index is 13.4. The molecule has 0 aliphatic carbocycles. The summed E-state index contributed by atoms with van der Waals surface area (Å²) in [4.78, 5) is 22.5. The first kappa shape index (κ1) is 19.0. The second-order valence-electron chi connectivity index (χ2n) is 6.96. The van der Waals surface area contributed by atoms with Crippen LogP contribution in [0.4, 0.5) is 4.39 Å². The normalized spacial score (nSPS) is 11.4. The highest BCUT2D eigenvalue weighted by Crippen LogP contribution is 2.16. The minimum Gasteiger partial charge on any atom is -0.342 e. The zero-order valence-electron chi connectivity index (χ0n) is 16.5. The molecule has 0 radical (unpaired) electrons. The van der Waals surface area contributed by atoms with E-state index in [0.717, 1.165) is 24.5 Å². The van der Waals surface area contributed by atoms with Gasteiger partial charge in [0, 0.05) is 32.1 Å². The van der Waals surface area contributed by atoms with Crippen LogP contribution in [0, 0.1) is 5.82 Å². The van der Waals surface area contributed by atoms with Crippen LogP contribution in [0.2, 0.25) is 0 Å². The number of imidazole rings is 1. The third kappa shape index (κ3) is 3.70. The van der Waals surface area contributed by atoms with E-state index in [1.54, 1.807) is 17.0 Å². The quantitative estimate of drug-likeness (QED) is 0.521. The maximum absolute atomic E-state index is 13.4. The number of H-pyrrole nitrogens is 1. The minimum absolute atomic E-state index is 0.0873. The maximum Gasteiger partial charge on any atom is 0.257 e. The highest BCUT2D eigenvalue weighted by atomic mass is 19.1. The van der Waals surface area contributed by atoms with Crippen molar-refractivity contribution >= 4 is 22.6 Å². The number of fused-ring (bicyclic) bond motifs is 2. The lowest BCUT2D eigenvalue weighted by Gasteiger charge is -2.20. The summed E-state index contributed by atoms with van der Waals surface area (Å²) in [5.41, 5.74) is 2.49. The zero-order chi connectivity index (χ0) is 20.4. The molecule has 3 heterocycles. The number of rotatable bonds is 7. The van der Waals surface area contributed by atoms with Gasteiger partial charge in [-0.3, -0.25) is 9.20 Å². The van der Waals surface area contributed by atoms with Crippen molar-refractivity contribution in [1.29, 1.82) is 0 Å². The number of aromatic nitrogens is 5. The summed E-state index contributed by atoms with van der Waals surface area (Å²) in [5, 5.41) is 8.48. The van der Waals surface area contributed by atoms with Gasteiger partial charge in [-0.25, -0.2) is 9.37 Å². The van der Waals surface area contributed by atoms with Crippen LogP contribution in [0.25, 0.3) is 16.7 Å². The van der Waals surface area contributed by atoms with Crippen molar-refractivity contribution in [3.05, 3.63) is 59.6 Å². The predicted molar refractivity (Wildman–Crippen MR) is 108 cm³/mol. The molecule has 3 aromatic heterocycles. The number of nitrogens with zero attached hydrogens (tertiary/aromatic N) is 5. The van der Waals surface area contributed by atoms with Crippen LogP contribution >= 0.6 is 0 Å². The average molecular weight is 394 g/mol. The van der Waals surface area contributed by atoms with Crippen LogP contribution in [0.5, 0.6) is 0 Å². The first-order valence-corrected chi connectivity index (χ1v) is 9.86. The lowest BCUT2D eigenvalue weighted by atomic mass is 10.2. The van der Waals surface area contributed by atoms with Crippen LogP contribution in [-0.4, -0.2) is 48.5 Å². The molecule has 29 heavy (non-hydrogen) atoms. The molecular weight excluding hydrogens is 371 g/mol. The molecule has 1 amide bonds.